The lowest BCUT2D eigenvalue weighted by Gasteiger charge is -2.34. The zero-order valence-corrected chi connectivity index (χ0v) is 28.1. The van der Waals surface area contributed by atoms with Gasteiger partial charge in [0.1, 0.15) is 5.82 Å². The van der Waals surface area contributed by atoms with Crippen molar-refractivity contribution in [2.45, 2.75) is 51.0 Å². The number of hydrogen-bond donors (Lipinski definition) is 4. The number of halogens is 1. The van der Waals surface area contributed by atoms with Gasteiger partial charge in [0.25, 0.3) is 0 Å². The number of rotatable bonds is 9. The van der Waals surface area contributed by atoms with Gasteiger partial charge in [-0.05, 0) is 87.0 Å². The summed E-state index contributed by atoms with van der Waals surface area (Å²) in [6, 6.07) is 16.8. The second kappa shape index (κ2) is 14.2. The van der Waals surface area contributed by atoms with Crippen molar-refractivity contribution in [3.05, 3.63) is 65.6 Å². The third-order valence-electron chi connectivity index (χ3n) is 10.2. The molecule has 3 aliphatic rings. The predicted octanol–water partition coefficient (Wildman–Crippen LogP) is 6.30. The van der Waals surface area contributed by atoms with Gasteiger partial charge in [0.05, 0.1) is 18.0 Å². The number of nitrogens with zero attached hydrogens (tertiary/aromatic N) is 3. The first kappa shape index (κ1) is 33.3. The van der Waals surface area contributed by atoms with Gasteiger partial charge in [-0.2, -0.15) is 0 Å². The average Bonchev–Trinajstić information content (AvgIpc) is 3.68. The largest absolute Gasteiger partial charge is 0.465 e. The Labute approximate surface area is 281 Å². The molecule has 11 nitrogen and oxygen atoms in total. The topological polar surface area (TPSA) is 148 Å². The molecule has 47 heavy (non-hydrogen) atoms. The number of carbonyl (C=O) groups is 2. The lowest BCUT2D eigenvalue weighted by atomic mass is 9.81. The SMILES string of the molecule is CS(=O)(=O)N1CCC([C@H]2C[C@@H](c3nc(Cl)c(-c4ccc(NC(=O)O)cc4)[nH]3)N(C(=O)[C@H]3CC[C@@H](CNc4ccccc4)CC3)C2)CC1. The Morgan fingerprint density at radius 3 is 2.28 bits per heavy atom. The maximum atomic E-state index is 14.3. The van der Waals surface area contributed by atoms with Crippen molar-refractivity contribution >= 4 is 45.0 Å². The van der Waals surface area contributed by atoms with Crippen LogP contribution in [-0.4, -0.2) is 77.1 Å². The van der Waals surface area contributed by atoms with Crippen LogP contribution >= 0.6 is 11.6 Å². The van der Waals surface area contributed by atoms with E-state index in [1.165, 1.54) is 6.26 Å². The number of nitrogens with one attached hydrogen (secondary N) is 3. The number of para-hydroxylation sites is 1. The van der Waals surface area contributed by atoms with E-state index in [9.17, 15) is 18.0 Å². The molecule has 1 aromatic heterocycles. The normalized spacial score (nSPS) is 24.3. The van der Waals surface area contributed by atoms with Crippen LogP contribution in [0.3, 0.4) is 0 Å². The van der Waals surface area contributed by atoms with Crippen LogP contribution < -0.4 is 10.6 Å². The molecular formula is C34H43ClN6O5S. The minimum absolute atomic E-state index is 0.0458. The number of aromatic nitrogens is 2. The van der Waals surface area contributed by atoms with Gasteiger partial charge in [-0.25, -0.2) is 22.5 Å². The van der Waals surface area contributed by atoms with Crippen LogP contribution in [-0.2, 0) is 14.8 Å². The number of likely N-dealkylation sites (tertiary alicyclic amines) is 1. The summed E-state index contributed by atoms with van der Waals surface area (Å²) < 4.78 is 25.8. The molecule has 0 spiro atoms. The highest BCUT2D eigenvalue weighted by atomic mass is 35.5. The van der Waals surface area contributed by atoms with Crippen LogP contribution in [0.1, 0.15) is 56.8 Å². The second-order valence-electron chi connectivity index (χ2n) is 13.3. The molecule has 0 unspecified atom stereocenters. The molecule has 3 fully saturated rings. The molecule has 2 atom stereocenters. The fourth-order valence-electron chi connectivity index (χ4n) is 7.62. The van der Waals surface area contributed by atoms with Crippen molar-refractivity contribution in [3.8, 4) is 11.3 Å². The van der Waals surface area contributed by atoms with Crippen molar-refractivity contribution in [1.82, 2.24) is 19.2 Å². The van der Waals surface area contributed by atoms with Gasteiger partial charge in [-0.15, -0.1) is 0 Å². The predicted molar refractivity (Wildman–Crippen MR) is 183 cm³/mol. The first-order chi connectivity index (χ1) is 22.5. The quantitative estimate of drug-likeness (QED) is 0.207. The van der Waals surface area contributed by atoms with Crippen LogP contribution in [0.2, 0.25) is 5.15 Å². The highest BCUT2D eigenvalue weighted by molar-refractivity contribution is 7.88. The van der Waals surface area contributed by atoms with E-state index >= 15 is 0 Å². The molecule has 13 heteroatoms. The third kappa shape index (κ3) is 7.93. The molecule has 2 saturated heterocycles. The molecule has 3 heterocycles. The first-order valence-corrected chi connectivity index (χ1v) is 18.7. The number of anilines is 2. The fraction of sp³-hybridized carbons (Fsp3) is 0.500. The molecule has 1 saturated carbocycles. The number of aromatic amines is 1. The number of carbonyl (C=O) groups excluding carboxylic acids is 1. The van der Waals surface area contributed by atoms with E-state index in [0.717, 1.165) is 62.7 Å². The van der Waals surface area contributed by atoms with Crippen molar-refractivity contribution in [2.24, 2.45) is 23.7 Å². The van der Waals surface area contributed by atoms with Gasteiger partial charge in [-0.3, -0.25) is 10.1 Å². The van der Waals surface area contributed by atoms with E-state index in [1.807, 2.05) is 23.1 Å². The molecule has 1 aliphatic carbocycles. The van der Waals surface area contributed by atoms with Gasteiger partial charge >= 0.3 is 6.09 Å². The van der Waals surface area contributed by atoms with Crippen LogP contribution in [0.4, 0.5) is 16.2 Å². The Morgan fingerprint density at radius 2 is 1.64 bits per heavy atom. The van der Waals surface area contributed by atoms with Gasteiger partial charge in [0.15, 0.2) is 5.15 Å². The summed E-state index contributed by atoms with van der Waals surface area (Å²) in [5.41, 5.74) is 2.93. The molecular weight excluding hydrogens is 640 g/mol. The maximum absolute atomic E-state index is 14.3. The number of H-pyrrole nitrogens is 1. The number of imidazole rings is 1. The summed E-state index contributed by atoms with van der Waals surface area (Å²) in [4.78, 5) is 35.4. The van der Waals surface area contributed by atoms with Gasteiger partial charge in [-0.1, -0.05) is 41.9 Å². The molecule has 2 amide bonds. The smallest absolute Gasteiger partial charge is 0.409 e. The molecule has 0 radical (unpaired) electrons. The van der Waals surface area contributed by atoms with Crippen molar-refractivity contribution < 1.29 is 23.1 Å². The Bertz CT molecular complexity index is 1650. The summed E-state index contributed by atoms with van der Waals surface area (Å²) in [6.07, 6.45) is 6.08. The molecule has 2 aromatic carbocycles. The molecule has 252 valence electrons. The lowest BCUT2D eigenvalue weighted by Crippen LogP contribution is -2.41. The summed E-state index contributed by atoms with van der Waals surface area (Å²) in [7, 11) is -3.23. The van der Waals surface area contributed by atoms with Crippen molar-refractivity contribution in [2.75, 3.05) is 43.1 Å². The fourth-order valence-corrected chi connectivity index (χ4v) is 8.74. The highest BCUT2D eigenvalue weighted by Gasteiger charge is 2.44. The van der Waals surface area contributed by atoms with Crippen LogP contribution in [0.5, 0.6) is 0 Å². The number of carboxylic acid groups (broad SMARTS) is 1. The van der Waals surface area contributed by atoms with E-state index in [2.05, 4.69) is 27.8 Å². The Kier molecular flexibility index (Phi) is 10.1. The van der Waals surface area contributed by atoms with Crippen molar-refractivity contribution in [3.63, 3.8) is 0 Å². The van der Waals surface area contributed by atoms with Gasteiger partial charge in [0, 0.05) is 49.0 Å². The van der Waals surface area contributed by atoms with E-state index in [4.69, 9.17) is 21.7 Å². The van der Waals surface area contributed by atoms with Crippen LogP contribution in [0.25, 0.3) is 11.3 Å². The molecule has 3 aromatic rings. The zero-order valence-electron chi connectivity index (χ0n) is 26.6. The summed E-state index contributed by atoms with van der Waals surface area (Å²) in [5, 5.41) is 15.2. The number of benzene rings is 2. The van der Waals surface area contributed by atoms with Crippen LogP contribution in [0, 0.1) is 23.7 Å². The van der Waals surface area contributed by atoms with E-state index in [1.54, 1.807) is 28.6 Å². The molecule has 2 aliphatic heterocycles. The summed E-state index contributed by atoms with van der Waals surface area (Å²) in [5.74, 6) is 1.82. The standard InChI is InChI=1S/C34H43ClN6O5S/c1-47(45,46)40-17-15-23(16-18-40)26-19-29(32-38-30(31(35)39-32)24-11-13-28(14-12-24)37-34(43)44)41(21-26)33(42)25-9-7-22(8-10-25)20-36-27-5-3-2-4-6-27/h2-6,11-14,22-23,25-26,29,36-37H,7-10,15-21H2,1H3,(H,38,39)(H,43,44)/t22-,25+,26-,29-/m0/s1. The monoisotopic (exact) mass is 682 g/mol. The molecule has 6 rings (SSSR count). The first-order valence-electron chi connectivity index (χ1n) is 16.5. The molecule has 0 bridgehead atoms. The van der Waals surface area contributed by atoms with E-state index in [-0.39, 0.29) is 23.8 Å². The average molecular weight is 683 g/mol. The zero-order chi connectivity index (χ0) is 33.1. The Hall–Kier alpha value is -3.61. The van der Waals surface area contributed by atoms with E-state index in [0.29, 0.717) is 53.8 Å². The third-order valence-corrected chi connectivity index (χ3v) is 11.8. The van der Waals surface area contributed by atoms with E-state index < -0.39 is 16.1 Å². The second-order valence-corrected chi connectivity index (χ2v) is 15.6. The summed E-state index contributed by atoms with van der Waals surface area (Å²) in [6.45, 7) is 2.52. The maximum Gasteiger partial charge on any atom is 0.409 e. The summed E-state index contributed by atoms with van der Waals surface area (Å²) >= 11 is 6.67. The number of hydrogen-bond acceptors (Lipinski definition) is 6. The number of sulfonamides is 1. The van der Waals surface area contributed by atoms with Gasteiger partial charge < -0.3 is 20.3 Å². The number of amides is 2. The lowest BCUT2D eigenvalue weighted by molar-refractivity contribution is -0.138. The highest BCUT2D eigenvalue weighted by Crippen LogP contribution is 2.44. The minimum atomic E-state index is -3.23. The van der Waals surface area contributed by atoms with Crippen molar-refractivity contribution in [1.29, 1.82) is 0 Å². The van der Waals surface area contributed by atoms with Gasteiger partial charge in [0.2, 0.25) is 15.9 Å². The Balaban J connectivity index is 1.17. The Morgan fingerprint density at radius 1 is 0.957 bits per heavy atom. The minimum Gasteiger partial charge on any atom is -0.465 e. The van der Waals surface area contributed by atoms with Crippen LogP contribution in [0.15, 0.2) is 54.6 Å². The number of piperidine rings is 1. The molecule has 4 N–H and O–H groups in total.